The third-order valence-electron chi connectivity index (χ3n) is 4.47. The van der Waals surface area contributed by atoms with E-state index in [0.717, 1.165) is 42.8 Å². The SMILES string of the molecule is CCCc1nnsc1C(=O)N1CCC[C@H](c2nnc(-c3cccs3)o2)C1. The molecule has 0 N–H and O–H groups in total. The lowest BCUT2D eigenvalue weighted by molar-refractivity contribution is 0.0702. The third-order valence-corrected chi connectivity index (χ3v) is 6.08. The molecule has 1 aliphatic heterocycles. The molecule has 136 valence electrons. The molecule has 0 spiro atoms. The van der Waals surface area contributed by atoms with Crippen LogP contribution in [-0.2, 0) is 6.42 Å². The number of amides is 1. The number of piperidine rings is 1. The molecule has 4 rings (SSSR count). The van der Waals surface area contributed by atoms with Crippen LogP contribution in [0.3, 0.4) is 0 Å². The molecule has 1 saturated heterocycles. The van der Waals surface area contributed by atoms with Crippen molar-refractivity contribution in [3.8, 4) is 10.8 Å². The Kier molecular flexibility index (Phi) is 5.07. The van der Waals surface area contributed by atoms with Crippen LogP contribution in [0.2, 0.25) is 0 Å². The predicted molar refractivity (Wildman–Crippen MR) is 99.4 cm³/mol. The Morgan fingerprint density at radius 2 is 2.31 bits per heavy atom. The number of likely N-dealkylation sites (tertiary alicyclic amines) is 1. The van der Waals surface area contributed by atoms with Crippen molar-refractivity contribution in [1.29, 1.82) is 0 Å². The van der Waals surface area contributed by atoms with Crippen molar-refractivity contribution < 1.29 is 9.21 Å². The number of hydrogen-bond donors (Lipinski definition) is 0. The Morgan fingerprint density at radius 1 is 1.38 bits per heavy atom. The maximum absolute atomic E-state index is 12.9. The first-order valence-electron chi connectivity index (χ1n) is 8.74. The zero-order chi connectivity index (χ0) is 17.9. The molecule has 3 aromatic rings. The molecule has 3 aromatic heterocycles. The van der Waals surface area contributed by atoms with Crippen LogP contribution in [0.15, 0.2) is 21.9 Å². The van der Waals surface area contributed by atoms with Crippen LogP contribution in [0.25, 0.3) is 10.8 Å². The summed E-state index contributed by atoms with van der Waals surface area (Å²) in [6, 6.07) is 3.92. The lowest BCUT2D eigenvalue weighted by Gasteiger charge is -2.30. The highest BCUT2D eigenvalue weighted by Crippen LogP contribution is 2.31. The van der Waals surface area contributed by atoms with Gasteiger partial charge in [0, 0.05) is 13.1 Å². The Balaban J connectivity index is 1.49. The molecule has 0 aliphatic carbocycles. The van der Waals surface area contributed by atoms with E-state index < -0.39 is 0 Å². The minimum atomic E-state index is 0.0196. The summed E-state index contributed by atoms with van der Waals surface area (Å²) >= 11 is 2.76. The van der Waals surface area contributed by atoms with Crippen molar-refractivity contribution in [2.24, 2.45) is 0 Å². The molecular weight excluding hydrogens is 370 g/mol. The fraction of sp³-hybridized carbons (Fsp3) is 0.471. The monoisotopic (exact) mass is 389 g/mol. The highest BCUT2D eigenvalue weighted by molar-refractivity contribution is 7.13. The number of thiophene rings is 1. The first-order chi connectivity index (χ1) is 12.8. The number of aromatic nitrogens is 4. The van der Waals surface area contributed by atoms with Crippen LogP contribution >= 0.6 is 22.9 Å². The van der Waals surface area contributed by atoms with E-state index in [2.05, 4.69) is 26.7 Å². The number of aryl methyl sites for hydroxylation is 1. The van der Waals surface area contributed by atoms with Gasteiger partial charge in [0.15, 0.2) is 0 Å². The number of carbonyl (C=O) groups excluding carboxylic acids is 1. The summed E-state index contributed by atoms with van der Waals surface area (Å²) in [5.41, 5.74) is 0.808. The van der Waals surface area contributed by atoms with E-state index in [4.69, 9.17) is 4.42 Å². The van der Waals surface area contributed by atoms with E-state index in [-0.39, 0.29) is 11.8 Å². The molecule has 0 bridgehead atoms. The number of hydrogen-bond acceptors (Lipinski definition) is 8. The summed E-state index contributed by atoms with van der Waals surface area (Å²) in [6.07, 6.45) is 3.59. The lowest BCUT2D eigenvalue weighted by atomic mass is 9.98. The van der Waals surface area contributed by atoms with E-state index >= 15 is 0 Å². The first-order valence-corrected chi connectivity index (χ1v) is 10.4. The van der Waals surface area contributed by atoms with E-state index in [9.17, 15) is 4.79 Å². The maximum Gasteiger partial charge on any atom is 0.267 e. The molecule has 1 aliphatic rings. The van der Waals surface area contributed by atoms with Gasteiger partial charge >= 0.3 is 0 Å². The Hall–Kier alpha value is -2.13. The molecule has 0 radical (unpaired) electrons. The van der Waals surface area contributed by atoms with Gasteiger partial charge in [-0.2, -0.15) is 0 Å². The van der Waals surface area contributed by atoms with Gasteiger partial charge in [-0.05, 0) is 42.2 Å². The van der Waals surface area contributed by atoms with Crippen molar-refractivity contribution in [1.82, 2.24) is 24.7 Å². The van der Waals surface area contributed by atoms with Gasteiger partial charge in [-0.15, -0.1) is 26.6 Å². The Morgan fingerprint density at radius 3 is 3.12 bits per heavy atom. The molecule has 1 fully saturated rings. The lowest BCUT2D eigenvalue weighted by Crippen LogP contribution is -2.39. The van der Waals surface area contributed by atoms with Gasteiger partial charge in [0.2, 0.25) is 5.89 Å². The summed E-state index contributed by atoms with van der Waals surface area (Å²) in [5.74, 6) is 1.26. The zero-order valence-corrected chi connectivity index (χ0v) is 16.1. The molecule has 4 heterocycles. The van der Waals surface area contributed by atoms with E-state index in [1.165, 1.54) is 11.5 Å². The topological polar surface area (TPSA) is 85.0 Å². The summed E-state index contributed by atoms with van der Waals surface area (Å²) < 4.78 is 9.85. The van der Waals surface area contributed by atoms with Crippen molar-refractivity contribution >= 4 is 28.8 Å². The largest absolute Gasteiger partial charge is 0.420 e. The van der Waals surface area contributed by atoms with E-state index in [0.29, 0.717) is 23.2 Å². The average Bonchev–Trinajstić information content (AvgIpc) is 3.41. The molecule has 1 atom stereocenters. The predicted octanol–water partition coefficient (Wildman–Crippen LogP) is 3.62. The van der Waals surface area contributed by atoms with Crippen molar-refractivity contribution in [3.05, 3.63) is 34.0 Å². The van der Waals surface area contributed by atoms with Gasteiger partial charge in [0.1, 0.15) is 4.88 Å². The van der Waals surface area contributed by atoms with E-state index in [1.807, 2.05) is 22.4 Å². The minimum absolute atomic E-state index is 0.0196. The summed E-state index contributed by atoms with van der Waals surface area (Å²) in [5, 5.41) is 14.5. The third kappa shape index (κ3) is 3.41. The number of rotatable bonds is 5. The molecular formula is C17H19N5O2S2. The fourth-order valence-electron chi connectivity index (χ4n) is 3.18. The van der Waals surface area contributed by atoms with Crippen LogP contribution in [0, 0.1) is 0 Å². The molecule has 1 amide bonds. The van der Waals surface area contributed by atoms with Crippen molar-refractivity contribution in [2.45, 2.75) is 38.5 Å². The Bertz CT molecular complexity index is 873. The highest BCUT2D eigenvalue weighted by atomic mass is 32.1. The van der Waals surface area contributed by atoms with E-state index in [1.54, 1.807) is 11.3 Å². The van der Waals surface area contributed by atoms with Gasteiger partial charge in [-0.3, -0.25) is 4.79 Å². The number of carbonyl (C=O) groups is 1. The molecule has 0 unspecified atom stereocenters. The number of nitrogens with zero attached hydrogens (tertiary/aromatic N) is 5. The van der Waals surface area contributed by atoms with Crippen LogP contribution in [0.4, 0.5) is 0 Å². The summed E-state index contributed by atoms with van der Waals surface area (Å²) in [7, 11) is 0. The second kappa shape index (κ2) is 7.63. The summed E-state index contributed by atoms with van der Waals surface area (Å²) in [4.78, 5) is 16.4. The summed E-state index contributed by atoms with van der Waals surface area (Å²) in [6.45, 7) is 3.41. The van der Waals surface area contributed by atoms with Crippen molar-refractivity contribution in [3.63, 3.8) is 0 Å². The standard InChI is InChI=1S/C17H19N5O2S2/c1-2-5-12-14(26-21-18-12)17(23)22-8-3-6-11(10-22)15-19-20-16(24-15)13-7-4-9-25-13/h4,7,9,11H,2-3,5-6,8,10H2,1H3/t11-/m0/s1. The second-order valence-corrected chi connectivity index (χ2v) is 8.01. The zero-order valence-electron chi connectivity index (χ0n) is 14.4. The maximum atomic E-state index is 12.9. The minimum Gasteiger partial charge on any atom is -0.420 e. The van der Waals surface area contributed by atoms with Crippen LogP contribution in [0.5, 0.6) is 0 Å². The van der Waals surface area contributed by atoms with Gasteiger partial charge in [-0.25, -0.2) is 0 Å². The van der Waals surface area contributed by atoms with Crippen LogP contribution in [0.1, 0.15) is 53.4 Å². The first kappa shape index (κ1) is 17.3. The van der Waals surface area contributed by atoms with Gasteiger partial charge in [-0.1, -0.05) is 23.9 Å². The van der Waals surface area contributed by atoms with Gasteiger partial charge < -0.3 is 9.32 Å². The molecule has 9 heteroatoms. The normalized spacial score (nSPS) is 17.6. The molecule has 7 nitrogen and oxygen atoms in total. The van der Waals surface area contributed by atoms with Crippen LogP contribution < -0.4 is 0 Å². The van der Waals surface area contributed by atoms with Gasteiger partial charge in [0.25, 0.3) is 11.8 Å². The molecule has 0 saturated carbocycles. The Labute approximate surface area is 159 Å². The van der Waals surface area contributed by atoms with Gasteiger partial charge in [0.05, 0.1) is 16.5 Å². The smallest absolute Gasteiger partial charge is 0.267 e. The average molecular weight is 390 g/mol. The molecule has 0 aromatic carbocycles. The quantitative estimate of drug-likeness (QED) is 0.662. The van der Waals surface area contributed by atoms with Crippen LogP contribution in [-0.4, -0.2) is 43.7 Å². The highest BCUT2D eigenvalue weighted by Gasteiger charge is 2.31. The van der Waals surface area contributed by atoms with Crippen molar-refractivity contribution in [2.75, 3.05) is 13.1 Å². The fourth-order valence-corrected chi connectivity index (χ4v) is 4.50. The molecule has 26 heavy (non-hydrogen) atoms. The second-order valence-electron chi connectivity index (χ2n) is 6.31.